The normalized spacial score (nSPS) is 11.7. The molecule has 7 aromatic carbocycles. The first kappa shape index (κ1) is 27.5. The quantitative estimate of drug-likeness (QED) is 0.190. The van der Waals surface area contributed by atoms with Gasteiger partial charge in [0.15, 0.2) is 5.58 Å². The zero-order chi connectivity index (χ0) is 32.3. The molecule has 10 rings (SSSR count). The molecule has 0 aliphatic rings. The van der Waals surface area contributed by atoms with Gasteiger partial charge < -0.3 is 13.7 Å². The van der Waals surface area contributed by atoms with Gasteiger partial charge in [-0.2, -0.15) is 0 Å². The summed E-state index contributed by atoms with van der Waals surface area (Å²) in [6, 6.07) is 57.1. The van der Waals surface area contributed by atoms with Crippen molar-refractivity contribution < 1.29 is 8.83 Å². The van der Waals surface area contributed by atoms with Crippen molar-refractivity contribution in [3.05, 3.63) is 170 Å². The van der Waals surface area contributed by atoms with E-state index in [4.69, 9.17) is 13.8 Å². The fourth-order valence-electron chi connectivity index (χ4n) is 7.11. The minimum absolute atomic E-state index is 0.859. The Kier molecular flexibility index (Phi) is 6.15. The van der Waals surface area contributed by atoms with E-state index in [-0.39, 0.29) is 0 Å². The Hall–Kier alpha value is -6.65. The average Bonchev–Trinajstić information content (AvgIpc) is 3.75. The smallest absolute Gasteiger partial charge is 0.159 e. The van der Waals surface area contributed by atoms with E-state index in [0.717, 1.165) is 83.0 Å². The number of aromatic nitrogens is 1. The molecule has 0 amide bonds. The van der Waals surface area contributed by atoms with Crippen LogP contribution in [-0.2, 0) is 0 Å². The Morgan fingerprint density at radius 2 is 0.980 bits per heavy atom. The number of para-hydroxylation sites is 3. The van der Waals surface area contributed by atoms with Crippen molar-refractivity contribution in [1.82, 2.24) is 4.98 Å². The van der Waals surface area contributed by atoms with E-state index >= 15 is 0 Å². The Morgan fingerprint density at radius 1 is 0.388 bits per heavy atom. The predicted molar refractivity (Wildman–Crippen MR) is 202 cm³/mol. The minimum Gasteiger partial charge on any atom is -0.455 e. The second-order valence-corrected chi connectivity index (χ2v) is 12.4. The standard InChI is InChI=1S/C45H28N2O2/c1-2-9-29(10-3-1)30-17-22-33(23-18-30)47(41-15-8-13-36-35-11-5-7-16-42(35)49-45(36)41)34-24-19-31(20-25-34)32-21-26-43-38(27-32)39-28-46-40-14-6-4-12-37(40)44(39)48-43/h1-28H. The lowest BCUT2D eigenvalue weighted by atomic mass is 10.0. The zero-order valence-electron chi connectivity index (χ0n) is 26.4. The Balaban J connectivity index is 1.09. The van der Waals surface area contributed by atoms with Gasteiger partial charge in [-0.25, -0.2) is 0 Å². The van der Waals surface area contributed by atoms with Crippen LogP contribution in [0.25, 0.3) is 77.0 Å². The minimum atomic E-state index is 0.859. The summed E-state index contributed by atoms with van der Waals surface area (Å²) in [5.41, 5.74) is 12.1. The van der Waals surface area contributed by atoms with E-state index in [0.29, 0.717) is 0 Å². The molecule has 4 nitrogen and oxygen atoms in total. The van der Waals surface area contributed by atoms with Gasteiger partial charge in [0.1, 0.15) is 16.7 Å². The van der Waals surface area contributed by atoms with Crippen LogP contribution in [0.4, 0.5) is 17.1 Å². The first-order valence-corrected chi connectivity index (χ1v) is 16.4. The van der Waals surface area contributed by atoms with Crippen molar-refractivity contribution in [2.75, 3.05) is 4.90 Å². The van der Waals surface area contributed by atoms with E-state index in [1.165, 1.54) is 11.1 Å². The molecule has 3 heterocycles. The van der Waals surface area contributed by atoms with Gasteiger partial charge in [0.25, 0.3) is 0 Å². The number of anilines is 3. The molecule has 0 saturated heterocycles. The molecule has 0 aliphatic carbocycles. The molecule has 0 saturated carbocycles. The highest BCUT2D eigenvalue weighted by atomic mass is 16.3. The molecule has 10 aromatic rings. The molecular weight excluding hydrogens is 601 g/mol. The molecule has 0 bridgehead atoms. The number of pyridine rings is 1. The summed E-state index contributed by atoms with van der Waals surface area (Å²) in [6.07, 6.45) is 1.93. The second-order valence-electron chi connectivity index (χ2n) is 12.4. The monoisotopic (exact) mass is 628 g/mol. The van der Waals surface area contributed by atoms with E-state index < -0.39 is 0 Å². The summed E-state index contributed by atoms with van der Waals surface area (Å²) in [7, 11) is 0. The van der Waals surface area contributed by atoms with Crippen molar-refractivity contribution in [2.45, 2.75) is 0 Å². The molecule has 0 radical (unpaired) electrons. The van der Waals surface area contributed by atoms with Gasteiger partial charge in [-0.15, -0.1) is 0 Å². The zero-order valence-corrected chi connectivity index (χ0v) is 26.4. The summed E-state index contributed by atoms with van der Waals surface area (Å²) in [4.78, 5) is 6.99. The molecule has 0 aliphatic heterocycles. The van der Waals surface area contributed by atoms with Gasteiger partial charge in [-0.1, -0.05) is 103 Å². The molecule has 0 atom stereocenters. The highest BCUT2D eigenvalue weighted by Gasteiger charge is 2.20. The Labute approximate surface area is 282 Å². The van der Waals surface area contributed by atoms with Gasteiger partial charge in [0.05, 0.1) is 11.2 Å². The van der Waals surface area contributed by atoms with E-state index in [9.17, 15) is 0 Å². The summed E-state index contributed by atoms with van der Waals surface area (Å²) in [6.45, 7) is 0. The third-order valence-corrected chi connectivity index (χ3v) is 9.52. The molecule has 0 N–H and O–H groups in total. The first-order valence-electron chi connectivity index (χ1n) is 16.4. The van der Waals surface area contributed by atoms with Gasteiger partial charge >= 0.3 is 0 Å². The van der Waals surface area contributed by atoms with Crippen LogP contribution in [0.1, 0.15) is 0 Å². The van der Waals surface area contributed by atoms with Crippen molar-refractivity contribution in [1.29, 1.82) is 0 Å². The molecule has 0 unspecified atom stereocenters. The third kappa shape index (κ3) is 4.49. The number of fused-ring (bicyclic) bond motifs is 8. The summed E-state index contributed by atoms with van der Waals surface area (Å²) < 4.78 is 12.9. The van der Waals surface area contributed by atoms with Crippen LogP contribution in [0.5, 0.6) is 0 Å². The average molecular weight is 629 g/mol. The maximum Gasteiger partial charge on any atom is 0.159 e. The predicted octanol–water partition coefficient (Wildman–Crippen LogP) is 12.8. The maximum absolute atomic E-state index is 6.53. The highest BCUT2D eigenvalue weighted by molar-refractivity contribution is 6.14. The largest absolute Gasteiger partial charge is 0.455 e. The number of hydrogen-bond donors (Lipinski definition) is 0. The molecule has 230 valence electrons. The fourth-order valence-corrected chi connectivity index (χ4v) is 7.11. The maximum atomic E-state index is 6.53. The van der Waals surface area contributed by atoms with Crippen LogP contribution in [0.15, 0.2) is 179 Å². The number of benzene rings is 7. The number of rotatable bonds is 5. The van der Waals surface area contributed by atoms with Crippen LogP contribution < -0.4 is 4.90 Å². The van der Waals surface area contributed by atoms with Gasteiger partial charge in [0, 0.05) is 44.5 Å². The first-order chi connectivity index (χ1) is 24.3. The SMILES string of the molecule is c1ccc(-c2ccc(N(c3ccc(-c4ccc5oc6c7ccccc7ncc6c5c4)cc3)c3cccc4c3oc3ccccc34)cc2)cc1. The van der Waals surface area contributed by atoms with Crippen LogP contribution in [0, 0.1) is 0 Å². The lowest BCUT2D eigenvalue weighted by molar-refractivity contribution is 0.669. The third-order valence-electron chi connectivity index (χ3n) is 9.52. The lowest BCUT2D eigenvalue weighted by Crippen LogP contribution is -2.10. The summed E-state index contributed by atoms with van der Waals surface area (Å²) in [5, 5.41) is 5.32. The van der Waals surface area contributed by atoms with Crippen molar-refractivity contribution >= 4 is 71.8 Å². The molecule has 0 fully saturated rings. The van der Waals surface area contributed by atoms with Gasteiger partial charge in [-0.3, -0.25) is 4.98 Å². The fraction of sp³-hybridized carbons (Fsp3) is 0. The molecule has 0 spiro atoms. The van der Waals surface area contributed by atoms with Crippen LogP contribution >= 0.6 is 0 Å². The van der Waals surface area contributed by atoms with Crippen LogP contribution in [0.3, 0.4) is 0 Å². The summed E-state index contributed by atoms with van der Waals surface area (Å²) in [5.74, 6) is 0. The Morgan fingerprint density at radius 3 is 1.78 bits per heavy atom. The van der Waals surface area contributed by atoms with Crippen molar-refractivity contribution in [2.24, 2.45) is 0 Å². The molecule has 4 heteroatoms. The topological polar surface area (TPSA) is 42.4 Å². The summed E-state index contributed by atoms with van der Waals surface area (Å²) >= 11 is 0. The number of furan rings is 2. The van der Waals surface area contributed by atoms with Gasteiger partial charge in [0.2, 0.25) is 0 Å². The van der Waals surface area contributed by atoms with E-state index in [1.54, 1.807) is 0 Å². The number of nitrogens with zero attached hydrogens (tertiary/aromatic N) is 2. The van der Waals surface area contributed by atoms with Gasteiger partial charge in [-0.05, 0) is 82.9 Å². The van der Waals surface area contributed by atoms with Crippen molar-refractivity contribution in [3.63, 3.8) is 0 Å². The van der Waals surface area contributed by atoms with E-state index in [2.05, 4.69) is 132 Å². The highest BCUT2D eigenvalue weighted by Crippen LogP contribution is 2.43. The molecule has 3 aromatic heterocycles. The second kappa shape index (κ2) is 11.0. The molecule has 49 heavy (non-hydrogen) atoms. The van der Waals surface area contributed by atoms with Crippen LogP contribution in [0.2, 0.25) is 0 Å². The van der Waals surface area contributed by atoms with Crippen molar-refractivity contribution in [3.8, 4) is 22.3 Å². The number of hydrogen-bond acceptors (Lipinski definition) is 4. The Bertz CT molecular complexity index is 2810. The van der Waals surface area contributed by atoms with Crippen LogP contribution in [-0.4, -0.2) is 4.98 Å². The molecular formula is C45H28N2O2. The van der Waals surface area contributed by atoms with E-state index in [1.807, 2.05) is 42.6 Å². The lowest BCUT2D eigenvalue weighted by Gasteiger charge is -2.26.